The zero-order chi connectivity index (χ0) is 15.6. The van der Waals surface area contributed by atoms with Crippen LogP contribution in [0.1, 0.15) is 12.8 Å². The summed E-state index contributed by atoms with van der Waals surface area (Å²) in [5.74, 6) is -0.466. The van der Waals surface area contributed by atoms with Gasteiger partial charge in [0.15, 0.2) is 0 Å². The molecule has 1 atom stereocenters. The molecule has 1 heterocycles. The van der Waals surface area contributed by atoms with Crippen LogP contribution in [0.4, 0.5) is 10.1 Å². The van der Waals surface area contributed by atoms with Gasteiger partial charge in [-0.1, -0.05) is 0 Å². The summed E-state index contributed by atoms with van der Waals surface area (Å²) in [5.41, 5.74) is 5.31. The number of ether oxygens (including phenoxy) is 1. The highest BCUT2D eigenvalue weighted by Crippen LogP contribution is 2.31. The van der Waals surface area contributed by atoms with Crippen molar-refractivity contribution in [1.82, 2.24) is 4.31 Å². The van der Waals surface area contributed by atoms with Crippen LogP contribution in [0, 0.1) is 11.7 Å². The summed E-state index contributed by atoms with van der Waals surface area (Å²) in [6.07, 6.45) is 1.72. The van der Waals surface area contributed by atoms with E-state index in [1.165, 1.54) is 4.31 Å². The lowest BCUT2D eigenvalue weighted by atomic mass is 10.0. The largest absolute Gasteiger partial charge is 0.396 e. The summed E-state index contributed by atoms with van der Waals surface area (Å²) in [7, 11) is -2.10. The predicted molar refractivity (Wildman–Crippen MR) is 81.9 cm³/mol. The van der Waals surface area contributed by atoms with Crippen molar-refractivity contribution in [3.63, 3.8) is 0 Å². The molecule has 118 valence electrons. The van der Waals surface area contributed by atoms with Gasteiger partial charge in [0.05, 0.1) is 17.2 Å². The first kappa shape index (κ1) is 16.7. The zero-order valence-corrected chi connectivity index (χ0v) is 14.1. The average Bonchev–Trinajstić information content (AvgIpc) is 2.43. The van der Waals surface area contributed by atoms with Crippen LogP contribution in [-0.2, 0) is 14.8 Å². The standard InChI is InChI=1S/C13H18BrFN2O3S/c1-20-8-9-3-2-4-17(7-9)21(18,19)13-6-12(16)11(15)5-10(13)14/h5-6,9H,2-4,7-8,16H2,1H3. The summed E-state index contributed by atoms with van der Waals surface area (Å²) < 4.78 is 45.5. The first-order valence-electron chi connectivity index (χ1n) is 6.60. The van der Waals surface area contributed by atoms with Gasteiger partial charge in [-0.05, 0) is 46.8 Å². The molecule has 2 N–H and O–H groups in total. The summed E-state index contributed by atoms with van der Waals surface area (Å²) in [6.45, 7) is 1.38. The Labute approximate surface area is 132 Å². The van der Waals surface area contributed by atoms with Crippen LogP contribution in [0.25, 0.3) is 0 Å². The Morgan fingerprint density at radius 2 is 2.24 bits per heavy atom. The molecule has 1 saturated heterocycles. The Hall–Kier alpha value is -0.700. The van der Waals surface area contributed by atoms with Crippen molar-refractivity contribution in [3.8, 4) is 0 Å². The Bertz CT molecular complexity index is 622. The number of hydrogen-bond donors (Lipinski definition) is 1. The van der Waals surface area contributed by atoms with Crippen LogP contribution < -0.4 is 5.73 Å². The van der Waals surface area contributed by atoms with Gasteiger partial charge in [-0.2, -0.15) is 4.31 Å². The highest BCUT2D eigenvalue weighted by molar-refractivity contribution is 9.10. The van der Waals surface area contributed by atoms with Crippen LogP contribution in [0.5, 0.6) is 0 Å². The molecule has 0 spiro atoms. The van der Waals surface area contributed by atoms with Gasteiger partial charge in [-0.25, -0.2) is 12.8 Å². The topological polar surface area (TPSA) is 72.6 Å². The van der Waals surface area contributed by atoms with Crippen molar-refractivity contribution in [2.24, 2.45) is 5.92 Å². The van der Waals surface area contributed by atoms with Gasteiger partial charge in [0, 0.05) is 24.7 Å². The molecule has 5 nitrogen and oxygen atoms in total. The molecule has 0 saturated carbocycles. The summed E-state index contributed by atoms with van der Waals surface area (Å²) in [4.78, 5) is -0.000494. The maximum absolute atomic E-state index is 13.4. The summed E-state index contributed by atoms with van der Waals surface area (Å²) >= 11 is 3.10. The lowest BCUT2D eigenvalue weighted by Crippen LogP contribution is -2.41. The number of anilines is 1. The third-order valence-electron chi connectivity index (χ3n) is 3.55. The number of piperidine rings is 1. The molecule has 1 unspecified atom stereocenters. The first-order chi connectivity index (χ1) is 9.86. The third kappa shape index (κ3) is 3.56. The Morgan fingerprint density at radius 1 is 1.52 bits per heavy atom. The van der Waals surface area contributed by atoms with E-state index < -0.39 is 15.8 Å². The second kappa shape index (κ2) is 6.60. The highest BCUT2D eigenvalue weighted by atomic mass is 79.9. The van der Waals surface area contributed by atoms with Gasteiger partial charge in [0.1, 0.15) is 5.82 Å². The van der Waals surface area contributed by atoms with E-state index in [4.69, 9.17) is 10.5 Å². The second-order valence-electron chi connectivity index (χ2n) is 5.13. The van der Waals surface area contributed by atoms with Gasteiger partial charge in [-0.15, -0.1) is 0 Å². The molecule has 1 aromatic rings. The van der Waals surface area contributed by atoms with Crippen molar-refractivity contribution in [2.45, 2.75) is 17.7 Å². The lowest BCUT2D eigenvalue weighted by Gasteiger charge is -2.31. The predicted octanol–water partition coefficient (Wildman–Crippen LogP) is 2.22. The lowest BCUT2D eigenvalue weighted by molar-refractivity contribution is 0.118. The number of nitrogens with two attached hydrogens (primary N) is 1. The van der Waals surface area contributed by atoms with Crippen LogP contribution >= 0.6 is 15.9 Å². The molecule has 2 rings (SSSR count). The molecule has 0 bridgehead atoms. The average molecular weight is 381 g/mol. The summed E-state index contributed by atoms with van der Waals surface area (Å²) in [6, 6.07) is 2.24. The van der Waals surface area contributed by atoms with Crippen molar-refractivity contribution in [2.75, 3.05) is 32.5 Å². The molecule has 1 aromatic carbocycles. The van der Waals surface area contributed by atoms with Gasteiger partial charge >= 0.3 is 0 Å². The number of rotatable bonds is 4. The van der Waals surface area contributed by atoms with Crippen molar-refractivity contribution in [3.05, 3.63) is 22.4 Å². The van der Waals surface area contributed by atoms with Crippen LogP contribution in [-0.4, -0.2) is 39.5 Å². The maximum Gasteiger partial charge on any atom is 0.244 e. The minimum Gasteiger partial charge on any atom is -0.396 e. The third-order valence-corrected chi connectivity index (χ3v) is 6.38. The van der Waals surface area contributed by atoms with E-state index in [0.717, 1.165) is 25.0 Å². The molecule has 0 aliphatic carbocycles. The van der Waals surface area contributed by atoms with E-state index in [1.54, 1.807) is 7.11 Å². The van der Waals surface area contributed by atoms with Crippen molar-refractivity contribution in [1.29, 1.82) is 0 Å². The maximum atomic E-state index is 13.4. The van der Waals surface area contributed by atoms with E-state index in [-0.39, 0.29) is 21.0 Å². The molecule has 1 fully saturated rings. The van der Waals surface area contributed by atoms with E-state index in [1.807, 2.05) is 0 Å². The van der Waals surface area contributed by atoms with Crippen LogP contribution in [0.3, 0.4) is 0 Å². The number of methoxy groups -OCH3 is 1. The molecule has 1 aliphatic rings. The van der Waals surface area contributed by atoms with Crippen LogP contribution in [0.15, 0.2) is 21.5 Å². The molecule has 1 aliphatic heterocycles. The fraction of sp³-hybridized carbons (Fsp3) is 0.538. The molecule has 8 heteroatoms. The Morgan fingerprint density at radius 3 is 2.90 bits per heavy atom. The monoisotopic (exact) mass is 380 g/mol. The highest BCUT2D eigenvalue weighted by Gasteiger charge is 2.32. The number of benzene rings is 1. The number of halogens is 2. The fourth-order valence-electron chi connectivity index (χ4n) is 2.50. The van der Waals surface area contributed by atoms with E-state index in [9.17, 15) is 12.8 Å². The minimum absolute atomic E-state index is 0.000494. The molecule has 0 aromatic heterocycles. The minimum atomic E-state index is -3.70. The van der Waals surface area contributed by atoms with E-state index in [0.29, 0.717) is 19.7 Å². The molecule has 21 heavy (non-hydrogen) atoms. The van der Waals surface area contributed by atoms with Gasteiger partial charge in [0.2, 0.25) is 10.0 Å². The zero-order valence-electron chi connectivity index (χ0n) is 11.7. The number of nitrogen functional groups attached to an aromatic ring is 1. The number of hydrogen-bond acceptors (Lipinski definition) is 4. The molecular formula is C13H18BrFN2O3S. The smallest absolute Gasteiger partial charge is 0.244 e. The summed E-state index contributed by atoms with van der Waals surface area (Å²) in [5, 5.41) is 0. The fourth-order valence-corrected chi connectivity index (χ4v) is 5.06. The second-order valence-corrected chi connectivity index (χ2v) is 7.89. The van der Waals surface area contributed by atoms with Crippen LogP contribution in [0.2, 0.25) is 0 Å². The molecular weight excluding hydrogens is 363 g/mol. The van der Waals surface area contributed by atoms with Gasteiger partial charge < -0.3 is 10.5 Å². The van der Waals surface area contributed by atoms with Crippen molar-refractivity contribution < 1.29 is 17.5 Å². The van der Waals surface area contributed by atoms with E-state index >= 15 is 0 Å². The number of sulfonamides is 1. The van der Waals surface area contributed by atoms with Gasteiger partial charge in [0.25, 0.3) is 0 Å². The quantitative estimate of drug-likeness (QED) is 0.812. The Balaban J connectivity index is 2.31. The molecule has 0 radical (unpaired) electrons. The number of nitrogens with zero attached hydrogens (tertiary/aromatic N) is 1. The normalized spacial score (nSPS) is 20.6. The SMILES string of the molecule is COCC1CCCN(S(=O)(=O)c2cc(N)c(F)cc2Br)C1. The van der Waals surface area contributed by atoms with E-state index in [2.05, 4.69) is 15.9 Å². The first-order valence-corrected chi connectivity index (χ1v) is 8.83. The van der Waals surface area contributed by atoms with Crippen molar-refractivity contribution >= 4 is 31.6 Å². The van der Waals surface area contributed by atoms with Gasteiger partial charge in [-0.3, -0.25) is 0 Å². The molecule has 0 amide bonds. The Kier molecular flexibility index (Phi) is 5.24.